The summed E-state index contributed by atoms with van der Waals surface area (Å²) in [6.07, 6.45) is 0. The van der Waals surface area contributed by atoms with Gasteiger partial charge in [-0.25, -0.2) is 0 Å². The van der Waals surface area contributed by atoms with Gasteiger partial charge < -0.3 is 10.6 Å². The van der Waals surface area contributed by atoms with E-state index in [1.165, 1.54) is 0 Å². The molecule has 0 aliphatic heterocycles. The highest BCUT2D eigenvalue weighted by Gasteiger charge is 2.14. The minimum Gasteiger partial charge on any atom is -0.383 e. The minimum atomic E-state index is -0.130. The van der Waals surface area contributed by atoms with E-state index in [1.54, 1.807) is 42.5 Å². The van der Waals surface area contributed by atoms with Gasteiger partial charge in [0.1, 0.15) is 0 Å². The largest absolute Gasteiger partial charge is 0.383 e. The lowest BCUT2D eigenvalue weighted by atomic mass is 10.0. The summed E-state index contributed by atoms with van der Waals surface area (Å²) in [5.74, 6) is -0.233. The van der Waals surface area contributed by atoms with Crippen molar-refractivity contribution in [3.05, 3.63) is 101 Å². The number of rotatable bonds is 7. The molecule has 0 heterocycles. The van der Waals surface area contributed by atoms with Crippen LogP contribution >= 0.6 is 11.6 Å². The van der Waals surface area contributed by atoms with Crippen LogP contribution in [0.3, 0.4) is 0 Å². The van der Waals surface area contributed by atoms with Crippen LogP contribution in [0.1, 0.15) is 26.3 Å². The van der Waals surface area contributed by atoms with E-state index >= 15 is 0 Å². The SMILES string of the molecule is O=C(NCCNc1ccc(Cl)cc1C(=O)c1ccccc1)c1ccccc1. The molecule has 0 saturated heterocycles. The zero-order chi connectivity index (χ0) is 19.1. The molecular weight excluding hydrogens is 360 g/mol. The fourth-order valence-corrected chi connectivity index (χ4v) is 2.84. The van der Waals surface area contributed by atoms with E-state index in [2.05, 4.69) is 10.6 Å². The number of ketones is 1. The second-order valence-electron chi connectivity index (χ2n) is 5.93. The summed E-state index contributed by atoms with van der Waals surface area (Å²) in [6, 6.07) is 23.2. The summed E-state index contributed by atoms with van der Waals surface area (Å²) >= 11 is 6.08. The molecule has 0 saturated carbocycles. The summed E-state index contributed by atoms with van der Waals surface area (Å²) in [4.78, 5) is 24.8. The smallest absolute Gasteiger partial charge is 0.251 e. The molecule has 27 heavy (non-hydrogen) atoms. The summed E-state index contributed by atoms with van der Waals surface area (Å²) in [6.45, 7) is 0.907. The third-order valence-corrected chi connectivity index (χ3v) is 4.26. The molecule has 4 nitrogen and oxygen atoms in total. The van der Waals surface area contributed by atoms with Crippen LogP contribution in [0.25, 0.3) is 0 Å². The fourth-order valence-electron chi connectivity index (χ4n) is 2.67. The molecule has 1 amide bonds. The lowest BCUT2D eigenvalue weighted by molar-refractivity contribution is 0.0954. The lowest BCUT2D eigenvalue weighted by Crippen LogP contribution is -2.29. The van der Waals surface area contributed by atoms with Crippen LogP contribution in [0.4, 0.5) is 5.69 Å². The first kappa shape index (κ1) is 18.7. The zero-order valence-corrected chi connectivity index (χ0v) is 15.4. The Morgan fingerprint density at radius 1 is 0.778 bits per heavy atom. The topological polar surface area (TPSA) is 58.2 Å². The molecular formula is C22H19ClN2O2. The predicted molar refractivity (Wildman–Crippen MR) is 109 cm³/mol. The Balaban J connectivity index is 1.63. The van der Waals surface area contributed by atoms with Crippen molar-refractivity contribution in [2.24, 2.45) is 0 Å². The van der Waals surface area contributed by atoms with Crippen molar-refractivity contribution in [2.75, 3.05) is 18.4 Å². The quantitative estimate of drug-likeness (QED) is 0.473. The van der Waals surface area contributed by atoms with Crippen molar-refractivity contribution in [1.82, 2.24) is 5.32 Å². The van der Waals surface area contributed by atoms with Crippen LogP contribution in [0, 0.1) is 0 Å². The van der Waals surface area contributed by atoms with Crippen LogP contribution in [-0.4, -0.2) is 24.8 Å². The standard InChI is InChI=1S/C22H19ClN2O2/c23-18-11-12-20(19(15-18)21(26)16-7-3-1-4-8-16)24-13-14-25-22(27)17-9-5-2-6-10-17/h1-12,15,24H,13-14H2,(H,25,27). The summed E-state index contributed by atoms with van der Waals surface area (Å²) < 4.78 is 0. The fraction of sp³-hybridized carbons (Fsp3) is 0.0909. The van der Waals surface area contributed by atoms with Crippen LogP contribution in [-0.2, 0) is 0 Å². The molecule has 0 fully saturated rings. The molecule has 0 aliphatic carbocycles. The Bertz CT molecular complexity index is 928. The predicted octanol–water partition coefficient (Wildman–Crippen LogP) is 4.41. The molecule has 3 aromatic carbocycles. The van der Waals surface area contributed by atoms with E-state index in [0.29, 0.717) is 40.5 Å². The number of hydrogen-bond donors (Lipinski definition) is 2. The number of nitrogens with one attached hydrogen (secondary N) is 2. The first-order chi connectivity index (χ1) is 13.1. The minimum absolute atomic E-state index is 0.103. The zero-order valence-electron chi connectivity index (χ0n) is 14.6. The summed E-state index contributed by atoms with van der Waals surface area (Å²) in [5.41, 5.74) is 2.40. The Morgan fingerprint density at radius 3 is 2.07 bits per heavy atom. The van der Waals surface area contributed by atoms with Crippen molar-refractivity contribution < 1.29 is 9.59 Å². The van der Waals surface area contributed by atoms with Crippen molar-refractivity contribution >= 4 is 29.0 Å². The van der Waals surface area contributed by atoms with Gasteiger partial charge in [0.15, 0.2) is 5.78 Å². The van der Waals surface area contributed by atoms with Crippen molar-refractivity contribution in [2.45, 2.75) is 0 Å². The number of amides is 1. The second-order valence-corrected chi connectivity index (χ2v) is 6.37. The number of carbonyl (C=O) groups excluding carboxylic acids is 2. The first-order valence-corrected chi connectivity index (χ1v) is 8.99. The molecule has 0 atom stereocenters. The van der Waals surface area contributed by atoms with Gasteiger partial charge in [0.25, 0.3) is 5.91 Å². The highest BCUT2D eigenvalue weighted by molar-refractivity contribution is 6.31. The van der Waals surface area contributed by atoms with Gasteiger partial charge in [0.05, 0.1) is 0 Å². The summed E-state index contributed by atoms with van der Waals surface area (Å²) in [7, 11) is 0. The van der Waals surface area contributed by atoms with Crippen LogP contribution in [0.5, 0.6) is 0 Å². The Hall–Kier alpha value is -3.11. The highest BCUT2D eigenvalue weighted by Crippen LogP contribution is 2.23. The normalized spacial score (nSPS) is 10.3. The average molecular weight is 379 g/mol. The van der Waals surface area contributed by atoms with E-state index in [-0.39, 0.29) is 11.7 Å². The summed E-state index contributed by atoms with van der Waals surface area (Å²) in [5, 5.41) is 6.55. The molecule has 2 N–H and O–H groups in total. The maximum absolute atomic E-state index is 12.8. The monoisotopic (exact) mass is 378 g/mol. The molecule has 136 valence electrons. The highest BCUT2D eigenvalue weighted by atomic mass is 35.5. The maximum Gasteiger partial charge on any atom is 0.251 e. The lowest BCUT2D eigenvalue weighted by Gasteiger charge is -2.13. The van der Waals surface area contributed by atoms with Gasteiger partial charge in [-0.15, -0.1) is 0 Å². The molecule has 0 radical (unpaired) electrons. The number of carbonyl (C=O) groups is 2. The van der Waals surface area contributed by atoms with E-state index in [0.717, 1.165) is 0 Å². The molecule has 0 aliphatic rings. The molecule has 0 unspecified atom stereocenters. The van der Waals surface area contributed by atoms with Crippen molar-refractivity contribution in [3.63, 3.8) is 0 Å². The van der Waals surface area contributed by atoms with Gasteiger partial charge in [-0.3, -0.25) is 9.59 Å². The first-order valence-electron chi connectivity index (χ1n) is 8.61. The molecule has 3 aromatic rings. The van der Waals surface area contributed by atoms with Crippen LogP contribution in [0.15, 0.2) is 78.9 Å². The number of hydrogen-bond acceptors (Lipinski definition) is 3. The van der Waals surface area contributed by atoms with Crippen LogP contribution in [0.2, 0.25) is 5.02 Å². The third kappa shape index (κ3) is 4.96. The van der Waals surface area contributed by atoms with Gasteiger partial charge in [-0.1, -0.05) is 60.1 Å². The average Bonchev–Trinajstić information content (AvgIpc) is 2.72. The molecule has 0 aromatic heterocycles. The number of benzene rings is 3. The van der Waals surface area contributed by atoms with Gasteiger partial charge in [-0.05, 0) is 30.3 Å². The number of anilines is 1. The molecule has 0 bridgehead atoms. The van der Waals surface area contributed by atoms with Gasteiger partial charge in [0, 0.05) is 40.5 Å². The van der Waals surface area contributed by atoms with E-state index in [1.807, 2.05) is 36.4 Å². The van der Waals surface area contributed by atoms with Crippen molar-refractivity contribution in [1.29, 1.82) is 0 Å². The maximum atomic E-state index is 12.8. The third-order valence-electron chi connectivity index (χ3n) is 4.02. The molecule has 5 heteroatoms. The van der Waals surface area contributed by atoms with Gasteiger partial charge in [-0.2, -0.15) is 0 Å². The van der Waals surface area contributed by atoms with Gasteiger partial charge >= 0.3 is 0 Å². The van der Waals surface area contributed by atoms with Crippen molar-refractivity contribution in [3.8, 4) is 0 Å². The van der Waals surface area contributed by atoms with Crippen LogP contribution < -0.4 is 10.6 Å². The Labute approximate surface area is 163 Å². The number of halogens is 1. The van der Waals surface area contributed by atoms with E-state index in [4.69, 9.17) is 11.6 Å². The Morgan fingerprint density at radius 2 is 1.41 bits per heavy atom. The van der Waals surface area contributed by atoms with Gasteiger partial charge in [0.2, 0.25) is 0 Å². The molecule has 3 rings (SSSR count). The van der Waals surface area contributed by atoms with E-state index in [9.17, 15) is 9.59 Å². The van der Waals surface area contributed by atoms with E-state index < -0.39 is 0 Å². The molecule has 0 spiro atoms. The Kier molecular flexibility index (Phi) is 6.23. The second kappa shape index (κ2) is 9.01.